The zero-order chi connectivity index (χ0) is 27.5. The minimum atomic E-state index is -0.420. The highest BCUT2D eigenvalue weighted by molar-refractivity contribution is 6.37. The smallest absolute Gasteiger partial charge is 0.258 e. The average molecular weight is 529 g/mol. The number of halogens is 1. The van der Waals surface area contributed by atoms with E-state index in [-0.39, 0.29) is 11.8 Å². The van der Waals surface area contributed by atoms with Crippen molar-refractivity contribution in [2.75, 3.05) is 62.4 Å². The largest absolute Gasteiger partial charge is 0.354 e. The molecular weight excluding hydrogens is 495 g/mol. The van der Waals surface area contributed by atoms with Crippen molar-refractivity contribution < 1.29 is 14.0 Å². The van der Waals surface area contributed by atoms with Crippen molar-refractivity contribution in [3.63, 3.8) is 0 Å². The first kappa shape index (κ1) is 26.6. The second-order valence-electron chi connectivity index (χ2n) is 10.0. The Bertz CT molecular complexity index is 1410. The summed E-state index contributed by atoms with van der Waals surface area (Å²) < 4.78 is 13.9. The Morgan fingerprint density at radius 3 is 2.51 bits per heavy atom. The summed E-state index contributed by atoms with van der Waals surface area (Å²) in [5.74, 6) is -0.702. The lowest BCUT2D eigenvalue weighted by atomic mass is 9.98. The van der Waals surface area contributed by atoms with Crippen LogP contribution in [0.15, 0.2) is 66.7 Å². The number of benzene rings is 3. The van der Waals surface area contributed by atoms with Crippen LogP contribution in [0.25, 0.3) is 11.3 Å². The Morgan fingerprint density at radius 2 is 1.79 bits per heavy atom. The molecule has 202 valence electrons. The van der Waals surface area contributed by atoms with Crippen molar-refractivity contribution in [1.82, 2.24) is 9.80 Å². The van der Waals surface area contributed by atoms with Gasteiger partial charge in [0.15, 0.2) is 0 Å². The van der Waals surface area contributed by atoms with E-state index in [0.717, 1.165) is 48.7 Å². The van der Waals surface area contributed by atoms with Gasteiger partial charge in [0.1, 0.15) is 5.82 Å². The number of nitrogens with one attached hydrogen (secondary N) is 2. The van der Waals surface area contributed by atoms with Gasteiger partial charge in [-0.1, -0.05) is 18.2 Å². The van der Waals surface area contributed by atoms with E-state index in [1.54, 1.807) is 18.0 Å². The van der Waals surface area contributed by atoms with Crippen LogP contribution in [0.1, 0.15) is 16.7 Å². The van der Waals surface area contributed by atoms with Crippen LogP contribution in [0, 0.1) is 5.82 Å². The van der Waals surface area contributed by atoms with Gasteiger partial charge in [0, 0.05) is 56.7 Å². The van der Waals surface area contributed by atoms with Crippen LogP contribution < -0.4 is 21.3 Å². The molecule has 2 amide bonds. The fourth-order valence-electron chi connectivity index (χ4n) is 4.89. The fraction of sp³-hybridized carbons (Fsp3) is 0.267. The molecule has 9 heteroatoms. The summed E-state index contributed by atoms with van der Waals surface area (Å²) in [5, 5.41) is 6.18. The number of fused-ring (bicyclic) bond motifs is 1. The van der Waals surface area contributed by atoms with Gasteiger partial charge in [-0.15, -0.1) is 0 Å². The predicted molar refractivity (Wildman–Crippen MR) is 154 cm³/mol. The number of nitrogens with zero attached hydrogens (tertiary/aromatic N) is 3. The first-order valence-electron chi connectivity index (χ1n) is 13.0. The molecule has 0 saturated carbocycles. The Kier molecular flexibility index (Phi) is 7.74. The predicted octanol–water partition coefficient (Wildman–Crippen LogP) is 3.43. The van der Waals surface area contributed by atoms with Crippen LogP contribution in [-0.4, -0.2) is 68.4 Å². The topological polar surface area (TPSA) is 93.9 Å². The van der Waals surface area contributed by atoms with E-state index < -0.39 is 5.82 Å². The van der Waals surface area contributed by atoms with Gasteiger partial charge in [-0.05, 0) is 66.7 Å². The molecule has 39 heavy (non-hydrogen) atoms. The summed E-state index contributed by atoms with van der Waals surface area (Å²) in [7, 11) is 3.88. The molecular formula is C30H33FN6O2. The summed E-state index contributed by atoms with van der Waals surface area (Å²) in [6, 6.07) is 19.4. The van der Waals surface area contributed by atoms with E-state index in [0.29, 0.717) is 35.6 Å². The Hall–Kier alpha value is -4.05. The Balaban J connectivity index is 1.41. The fourth-order valence-corrected chi connectivity index (χ4v) is 4.89. The molecule has 0 spiro atoms. The van der Waals surface area contributed by atoms with Gasteiger partial charge < -0.3 is 26.2 Å². The number of piperazine rings is 1. The monoisotopic (exact) mass is 528 g/mol. The van der Waals surface area contributed by atoms with E-state index in [4.69, 9.17) is 5.73 Å². The molecule has 1 saturated heterocycles. The van der Waals surface area contributed by atoms with Crippen molar-refractivity contribution in [3.8, 4) is 0 Å². The maximum absolute atomic E-state index is 13.9. The van der Waals surface area contributed by atoms with Crippen molar-refractivity contribution in [1.29, 1.82) is 0 Å². The summed E-state index contributed by atoms with van der Waals surface area (Å²) in [5.41, 5.74) is 11.2. The van der Waals surface area contributed by atoms with Crippen LogP contribution in [0.3, 0.4) is 0 Å². The molecule has 5 rings (SSSR count). The number of carbonyl (C=O) groups is 2. The van der Waals surface area contributed by atoms with Crippen LogP contribution in [-0.2, 0) is 16.1 Å². The van der Waals surface area contributed by atoms with E-state index in [9.17, 15) is 14.0 Å². The maximum atomic E-state index is 13.9. The molecule has 3 aromatic carbocycles. The summed E-state index contributed by atoms with van der Waals surface area (Å²) in [6.45, 7) is 4.42. The zero-order valence-electron chi connectivity index (χ0n) is 22.2. The van der Waals surface area contributed by atoms with E-state index >= 15 is 0 Å². The number of amides is 2. The summed E-state index contributed by atoms with van der Waals surface area (Å²) in [6.07, 6.45) is 0. The van der Waals surface area contributed by atoms with E-state index in [1.807, 2.05) is 48.5 Å². The number of carbonyl (C=O) groups excluding carboxylic acids is 2. The molecule has 0 atom stereocenters. The van der Waals surface area contributed by atoms with Crippen molar-refractivity contribution in [2.45, 2.75) is 6.54 Å². The lowest BCUT2D eigenvalue weighted by molar-refractivity contribution is -0.119. The molecule has 3 aromatic rings. The molecule has 2 aliphatic heterocycles. The highest BCUT2D eigenvalue weighted by Crippen LogP contribution is 2.38. The Labute approximate surface area is 227 Å². The van der Waals surface area contributed by atoms with Crippen molar-refractivity contribution in [2.24, 2.45) is 5.73 Å². The van der Waals surface area contributed by atoms with E-state index in [2.05, 4.69) is 27.5 Å². The number of nitrogens with two attached hydrogens (primary N) is 1. The number of likely N-dealkylation sites (N-methyl/N-ethyl adjacent to an activating group) is 2. The lowest BCUT2D eigenvalue weighted by Gasteiger charge is -2.32. The third-order valence-electron chi connectivity index (χ3n) is 7.28. The second-order valence-corrected chi connectivity index (χ2v) is 10.0. The molecule has 2 heterocycles. The molecule has 8 nitrogen and oxygen atoms in total. The summed E-state index contributed by atoms with van der Waals surface area (Å²) in [4.78, 5) is 32.1. The Morgan fingerprint density at radius 1 is 1.05 bits per heavy atom. The molecule has 0 aliphatic carbocycles. The number of rotatable bonds is 7. The molecule has 1 fully saturated rings. The highest BCUT2D eigenvalue weighted by Gasteiger charge is 2.29. The SMILES string of the molecule is CN1CCN(CC(=O)N(C)c2ccc(N/C(=C3\C(=O)Nc4cc(F)ccc43)c3cccc(CN)c3)cc2)CC1. The van der Waals surface area contributed by atoms with Crippen molar-refractivity contribution >= 4 is 40.1 Å². The third-order valence-corrected chi connectivity index (χ3v) is 7.28. The first-order chi connectivity index (χ1) is 18.8. The van der Waals surface area contributed by atoms with Gasteiger partial charge in [-0.25, -0.2) is 4.39 Å². The zero-order valence-corrected chi connectivity index (χ0v) is 22.2. The number of anilines is 3. The number of hydrogen-bond acceptors (Lipinski definition) is 6. The molecule has 0 radical (unpaired) electrons. The normalized spacial score (nSPS) is 17.0. The van der Waals surface area contributed by atoms with Gasteiger partial charge in [0.05, 0.1) is 23.5 Å². The van der Waals surface area contributed by atoms with Crippen LogP contribution in [0.2, 0.25) is 0 Å². The van der Waals surface area contributed by atoms with E-state index in [1.165, 1.54) is 12.1 Å². The summed E-state index contributed by atoms with van der Waals surface area (Å²) >= 11 is 0. The molecule has 4 N–H and O–H groups in total. The van der Waals surface area contributed by atoms with Gasteiger partial charge in [0.25, 0.3) is 5.91 Å². The second kappa shape index (κ2) is 11.4. The maximum Gasteiger partial charge on any atom is 0.258 e. The highest BCUT2D eigenvalue weighted by atomic mass is 19.1. The van der Waals surface area contributed by atoms with Gasteiger partial charge in [-0.2, -0.15) is 0 Å². The average Bonchev–Trinajstić information content (AvgIpc) is 3.27. The lowest BCUT2D eigenvalue weighted by Crippen LogP contribution is -2.48. The van der Waals surface area contributed by atoms with Crippen molar-refractivity contribution in [3.05, 3.63) is 89.2 Å². The standard InChI is InChI=1S/C30H33FN6O2/c1-35-12-14-37(15-13-35)19-27(38)36(2)24-9-7-23(8-10-24)33-29(21-5-3-4-20(16-21)18-32)28-25-11-6-22(31)17-26(25)34-30(28)39/h3-11,16-17,33H,12-15,18-19,32H2,1-2H3,(H,34,39)/b29-28-. The quantitative estimate of drug-likeness (QED) is 0.407. The van der Waals surface area contributed by atoms with Crippen LogP contribution >= 0.6 is 0 Å². The molecule has 0 unspecified atom stereocenters. The van der Waals surface area contributed by atoms with Crippen LogP contribution in [0.5, 0.6) is 0 Å². The van der Waals surface area contributed by atoms with Gasteiger partial charge in [0.2, 0.25) is 5.91 Å². The van der Waals surface area contributed by atoms with Gasteiger partial charge >= 0.3 is 0 Å². The number of hydrogen-bond donors (Lipinski definition) is 3. The van der Waals surface area contributed by atoms with Crippen LogP contribution in [0.4, 0.5) is 21.5 Å². The minimum absolute atomic E-state index is 0.0353. The van der Waals surface area contributed by atoms with Gasteiger partial charge in [-0.3, -0.25) is 14.5 Å². The minimum Gasteiger partial charge on any atom is -0.354 e. The first-order valence-corrected chi connectivity index (χ1v) is 13.0. The molecule has 0 bridgehead atoms. The molecule has 2 aliphatic rings. The molecule has 0 aromatic heterocycles. The third kappa shape index (κ3) is 5.85.